The summed E-state index contributed by atoms with van der Waals surface area (Å²) in [6, 6.07) is 5.99. The van der Waals surface area contributed by atoms with Crippen LogP contribution in [0.5, 0.6) is 0 Å². The Bertz CT molecular complexity index is 347. The molecule has 0 heterocycles. The normalized spacial score (nSPS) is 10.2. The van der Waals surface area contributed by atoms with Crippen molar-refractivity contribution in [2.45, 2.75) is 11.8 Å². The summed E-state index contributed by atoms with van der Waals surface area (Å²) in [7, 11) is 0.589. The summed E-state index contributed by atoms with van der Waals surface area (Å²) in [5.74, 6) is 0. The van der Waals surface area contributed by atoms with Gasteiger partial charge in [0.2, 0.25) is 0 Å². The third kappa shape index (κ3) is 4.80. The highest BCUT2D eigenvalue weighted by molar-refractivity contribution is 14.1. The Morgan fingerprint density at radius 3 is 1.92 bits per heavy atom. The van der Waals surface area contributed by atoms with E-state index in [2.05, 4.69) is 8.91 Å². The van der Waals surface area contributed by atoms with Crippen LogP contribution in [0.4, 0.5) is 0 Å². The molecule has 0 radical (unpaired) electrons. The van der Waals surface area contributed by atoms with Gasteiger partial charge in [0.1, 0.15) is 0 Å². The van der Waals surface area contributed by atoms with Crippen LogP contribution < -0.4 is 0 Å². The zero-order valence-corrected chi connectivity index (χ0v) is 10.5. The van der Waals surface area contributed by atoms with Gasteiger partial charge in [-0.15, -0.1) is 0 Å². The predicted molar refractivity (Wildman–Crippen MR) is 60.9 cm³/mol. The number of hydrogen-bond donors (Lipinski definition) is 1. The first-order valence-electron chi connectivity index (χ1n) is 3.18. The molecule has 1 aromatic carbocycles. The van der Waals surface area contributed by atoms with E-state index in [0.29, 0.717) is 0 Å². The minimum atomic E-state index is -4.02. The van der Waals surface area contributed by atoms with E-state index in [9.17, 15) is 8.42 Å². The van der Waals surface area contributed by atoms with E-state index in [-0.39, 0.29) is 4.90 Å². The zero-order chi connectivity index (χ0) is 10.5. The summed E-state index contributed by atoms with van der Waals surface area (Å²) in [5.41, 5.74) is 0.956. The minimum absolute atomic E-state index is 0.0666. The Hall–Kier alpha value is 0.150. The highest BCUT2D eigenvalue weighted by Gasteiger charge is 2.06. The number of halogens is 2. The molecule has 0 saturated heterocycles. The van der Waals surface area contributed by atoms with Crippen molar-refractivity contribution < 1.29 is 13.0 Å². The maximum Gasteiger partial charge on any atom is 0.294 e. The van der Waals surface area contributed by atoms with Gasteiger partial charge < -0.3 is 0 Å². The van der Waals surface area contributed by atoms with Crippen molar-refractivity contribution in [3.05, 3.63) is 29.8 Å². The number of rotatable bonds is 1. The average molecular weight is 335 g/mol. The second-order valence-electron chi connectivity index (χ2n) is 2.29. The maximum absolute atomic E-state index is 10.5. The fourth-order valence-corrected chi connectivity index (χ4v) is 1.19. The first-order chi connectivity index (χ1) is 6.00. The second kappa shape index (κ2) is 5.79. The molecule has 0 spiro atoms. The molecule has 6 heteroatoms. The molecule has 0 aromatic heterocycles. The van der Waals surface area contributed by atoms with Crippen molar-refractivity contribution in [2.75, 3.05) is 0 Å². The third-order valence-corrected chi connectivity index (χ3v) is 2.19. The molecule has 3 nitrogen and oxygen atoms in total. The monoisotopic (exact) mass is 334 g/mol. The molecule has 0 atom stereocenters. The molecule has 0 bridgehead atoms. The van der Waals surface area contributed by atoms with Crippen molar-refractivity contribution in [3.63, 3.8) is 0 Å². The molecule has 0 aliphatic heterocycles. The SMILES string of the molecule is Cc1ccc(S(=O)(=O)O)cc1.ClI. The molecule has 0 fully saturated rings. The van der Waals surface area contributed by atoms with Gasteiger partial charge >= 0.3 is 0 Å². The zero-order valence-electron chi connectivity index (χ0n) is 6.74. The Kier molecular flexibility index (Phi) is 5.86. The second-order valence-corrected chi connectivity index (χ2v) is 3.71. The molecule has 13 heavy (non-hydrogen) atoms. The summed E-state index contributed by atoms with van der Waals surface area (Å²) < 4.78 is 29.6. The van der Waals surface area contributed by atoms with Gasteiger partial charge in [0.15, 0.2) is 0 Å². The Labute approximate surface area is 94.7 Å². The van der Waals surface area contributed by atoms with Crippen LogP contribution in [0.2, 0.25) is 0 Å². The van der Waals surface area contributed by atoms with E-state index in [1.165, 1.54) is 12.1 Å². The van der Waals surface area contributed by atoms with Crippen molar-refractivity contribution in [1.29, 1.82) is 0 Å². The van der Waals surface area contributed by atoms with Crippen LogP contribution in [0.15, 0.2) is 29.2 Å². The van der Waals surface area contributed by atoms with Gasteiger partial charge in [-0.2, -0.15) is 8.42 Å². The lowest BCUT2D eigenvalue weighted by Gasteiger charge is -1.95. The topological polar surface area (TPSA) is 54.4 Å². The molecule has 74 valence electrons. The van der Waals surface area contributed by atoms with Crippen molar-refractivity contribution in [1.82, 2.24) is 0 Å². The lowest BCUT2D eigenvalue weighted by atomic mass is 10.2. The lowest BCUT2D eigenvalue weighted by Crippen LogP contribution is -1.96. The fourth-order valence-electron chi connectivity index (χ4n) is 0.710. The van der Waals surface area contributed by atoms with Gasteiger partial charge in [-0.25, -0.2) is 0 Å². The molecule has 0 saturated carbocycles. The summed E-state index contributed by atoms with van der Waals surface area (Å²) >= 11 is 1.62. The Morgan fingerprint density at radius 1 is 1.23 bits per heavy atom. The van der Waals surface area contributed by atoms with E-state index >= 15 is 0 Å². The largest absolute Gasteiger partial charge is 0.294 e. The van der Waals surface area contributed by atoms with Crippen molar-refractivity contribution in [2.24, 2.45) is 0 Å². The molecular weight excluding hydrogens is 326 g/mol. The van der Waals surface area contributed by atoms with E-state index in [4.69, 9.17) is 4.55 Å². The van der Waals surface area contributed by atoms with Gasteiger partial charge in [-0.05, 0) is 28.0 Å². The first-order valence-corrected chi connectivity index (χ1v) is 7.36. The summed E-state index contributed by atoms with van der Waals surface area (Å²) in [5, 5.41) is 0. The van der Waals surface area contributed by atoms with Crippen LogP contribution >= 0.6 is 30.4 Å². The quantitative estimate of drug-likeness (QED) is 0.635. The molecular formula is C7H8ClIO3S. The fraction of sp³-hybridized carbons (Fsp3) is 0.143. The Balaban J connectivity index is 0.000000671. The number of hydrogen-bond acceptors (Lipinski definition) is 2. The van der Waals surface area contributed by atoms with Gasteiger partial charge in [-0.1, -0.05) is 17.7 Å². The molecule has 0 aliphatic rings. The van der Waals surface area contributed by atoms with Crippen LogP contribution in [0.3, 0.4) is 0 Å². The standard InChI is InChI=1S/C7H8O3S.ClI/c1-6-2-4-7(5-3-6)11(8,9)10;1-2/h2-5H,1H3,(H,8,9,10);. The molecule has 0 unspecified atom stereocenters. The van der Waals surface area contributed by atoms with Crippen LogP contribution in [0, 0.1) is 6.92 Å². The van der Waals surface area contributed by atoms with Crippen LogP contribution in [0.25, 0.3) is 0 Å². The predicted octanol–water partition coefficient (Wildman–Crippen LogP) is 2.82. The van der Waals surface area contributed by atoms with E-state index in [1.54, 1.807) is 33.6 Å². The maximum atomic E-state index is 10.5. The minimum Gasteiger partial charge on any atom is -0.282 e. The van der Waals surface area contributed by atoms with Gasteiger partial charge in [0, 0.05) is 21.5 Å². The first kappa shape index (κ1) is 13.2. The summed E-state index contributed by atoms with van der Waals surface area (Å²) in [6.45, 7) is 1.84. The van der Waals surface area contributed by atoms with Gasteiger partial charge in [0.05, 0.1) is 4.90 Å². The van der Waals surface area contributed by atoms with Crippen molar-refractivity contribution in [3.8, 4) is 0 Å². The van der Waals surface area contributed by atoms with E-state index < -0.39 is 10.1 Å². The molecule has 0 amide bonds. The average Bonchev–Trinajstić information content (AvgIpc) is 2.07. The molecule has 1 aromatic rings. The van der Waals surface area contributed by atoms with Gasteiger partial charge in [-0.3, -0.25) is 4.55 Å². The van der Waals surface area contributed by atoms with Crippen LogP contribution in [0.1, 0.15) is 5.56 Å². The number of benzene rings is 1. The summed E-state index contributed by atoms with van der Waals surface area (Å²) in [4.78, 5) is -0.0666. The smallest absolute Gasteiger partial charge is 0.282 e. The molecule has 1 N–H and O–H groups in total. The van der Waals surface area contributed by atoms with Crippen LogP contribution in [-0.2, 0) is 10.1 Å². The number of aryl methyl sites for hydroxylation is 1. The van der Waals surface area contributed by atoms with Gasteiger partial charge in [0.25, 0.3) is 10.1 Å². The van der Waals surface area contributed by atoms with E-state index in [1.807, 2.05) is 6.92 Å². The Morgan fingerprint density at radius 2 is 1.62 bits per heavy atom. The molecule has 0 aliphatic carbocycles. The highest BCUT2D eigenvalue weighted by atomic mass is 127. The van der Waals surface area contributed by atoms with E-state index in [0.717, 1.165) is 5.56 Å². The van der Waals surface area contributed by atoms with Crippen LogP contribution in [-0.4, -0.2) is 13.0 Å². The van der Waals surface area contributed by atoms with Crippen molar-refractivity contribution >= 4 is 40.5 Å². The highest BCUT2D eigenvalue weighted by Crippen LogP contribution is 2.08. The third-order valence-electron chi connectivity index (χ3n) is 1.32. The summed E-state index contributed by atoms with van der Waals surface area (Å²) in [6.07, 6.45) is 0. The lowest BCUT2D eigenvalue weighted by molar-refractivity contribution is 0.483. The molecule has 1 rings (SSSR count).